The summed E-state index contributed by atoms with van der Waals surface area (Å²) < 4.78 is 7.08. The highest BCUT2D eigenvalue weighted by atomic mass is 32.2. The van der Waals surface area contributed by atoms with Crippen molar-refractivity contribution in [1.29, 1.82) is 5.26 Å². The van der Waals surface area contributed by atoms with Gasteiger partial charge in [0.15, 0.2) is 5.16 Å². The summed E-state index contributed by atoms with van der Waals surface area (Å²) in [6.07, 6.45) is 5.88. The Morgan fingerprint density at radius 2 is 2.32 bits per heavy atom. The van der Waals surface area contributed by atoms with E-state index < -0.39 is 0 Å². The van der Waals surface area contributed by atoms with Crippen molar-refractivity contribution >= 4 is 33.3 Å². The van der Waals surface area contributed by atoms with Gasteiger partial charge in [-0.1, -0.05) is 11.8 Å². The first-order chi connectivity index (χ1) is 12.2. The second-order valence-corrected chi connectivity index (χ2v) is 8.54. The summed E-state index contributed by atoms with van der Waals surface area (Å²) >= 11 is 2.96. The highest BCUT2D eigenvalue weighted by Gasteiger charge is 2.23. The third kappa shape index (κ3) is 3.00. The van der Waals surface area contributed by atoms with Crippen LogP contribution in [0.2, 0.25) is 0 Å². The summed E-state index contributed by atoms with van der Waals surface area (Å²) in [6.45, 7) is 2.15. The molecule has 0 bridgehead atoms. The number of aromatic nitrogens is 2. The molecule has 0 spiro atoms. The topological polar surface area (TPSA) is 71.8 Å². The van der Waals surface area contributed by atoms with Crippen LogP contribution in [0.5, 0.6) is 0 Å². The number of fused-ring (bicyclic) bond motifs is 3. The fraction of sp³-hybridized carbons (Fsp3) is 0.389. The molecule has 0 fully saturated rings. The van der Waals surface area contributed by atoms with Gasteiger partial charge in [-0.2, -0.15) is 5.26 Å². The van der Waals surface area contributed by atoms with Crippen LogP contribution in [0.25, 0.3) is 10.2 Å². The largest absolute Gasteiger partial charge is 0.467 e. The Morgan fingerprint density at radius 1 is 1.48 bits per heavy atom. The molecular formula is C18H17N3O2S2. The van der Waals surface area contributed by atoms with Crippen LogP contribution in [0.15, 0.2) is 32.8 Å². The van der Waals surface area contributed by atoms with Crippen molar-refractivity contribution in [3.05, 3.63) is 45.0 Å². The zero-order valence-corrected chi connectivity index (χ0v) is 15.5. The lowest BCUT2D eigenvalue weighted by Gasteiger charge is -2.13. The molecule has 1 atom stereocenters. The highest BCUT2D eigenvalue weighted by Crippen LogP contribution is 2.35. The van der Waals surface area contributed by atoms with E-state index in [-0.39, 0.29) is 10.8 Å². The maximum absolute atomic E-state index is 13.3. The summed E-state index contributed by atoms with van der Waals surface area (Å²) in [4.78, 5) is 20.1. The summed E-state index contributed by atoms with van der Waals surface area (Å²) in [7, 11) is 0. The summed E-state index contributed by atoms with van der Waals surface area (Å²) in [6, 6.07) is 5.86. The van der Waals surface area contributed by atoms with Crippen molar-refractivity contribution in [2.75, 3.05) is 0 Å². The predicted octanol–water partition coefficient (Wildman–Crippen LogP) is 3.98. The number of hydrogen-bond donors (Lipinski definition) is 0. The predicted molar refractivity (Wildman–Crippen MR) is 99.3 cm³/mol. The minimum Gasteiger partial charge on any atom is -0.467 e. The Morgan fingerprint density at radius 3 is 3.08 bits per heavy atom. The molecule has 7 heteroatoms. The van der Waals surface area contributed by atoms with E-state index in [1.54, 1.807) is 22.2 Å². The smallest absolute Gasteiger partial charge is 0.263 e. The van der Waals surface area contributed by atoms with Gasteiger partial charge in [0, 0.05) is 4.88 Å². The Kier molecular flexibility index (Phi) is 4.40. The monoisotopic (exact) mass is 371 g/mol. The van der Waals surface area contributed by atoms with Gasteiger partial charge in [-0.3, -0.25) is 9.36 Å². The average molecular weight is 371 g/mol. The first-order valence-electron chi connectivity index (χ1n) is 8.31. The van der Waals surface area contributed by atoms with Gasteiger partial charge in [0.05, 0.1) is 29.5 Å². The molecular weight excluding hydrogens is 354 g/mol. The first kappa shape index (κ1) is 16.4. The van der Waals surface area contributed by atoms with Crippen molar-refractivity contribution in [3.63, 3.8) is 0 Å². The van der Waals surface area contributed by atoms with E-state index in [9.17, 15) is 4.79 Å². The molecule has 0 aliphatic heterocycles. The molecule has 1 aliphatic rings. The van der Waals surface area contributed by atoms with E-state index in [1.165, 1.54) is 28.6 Å². The molecule has 0 saturated heterocycles. The molecule has 3 aromatic rings. The van der Waals surface area contributed by atoms with Gasteiger partial charge in [-0.25, -0.2) is 4.98 Å². The minimum absolute atomic E-state index is 0.0200. The summed E-state index contributed by atoms with van der Waals surface area (Å²) in [5, 5.41) is 10.2. The fourth-order valence-corrected chi connectivity index (χ4v) is 5.29. The normalized spacial score (nSPS) is 15.0. The van der Waals surface area contributed by atoms with Crippen molar-refractivity contribution in [1.82, 2.24) is 9.55 Å². The molecule has 0 amide bonds. The van der Waals surface area contributed by atoms with E-state index >= 15 is 0 Å². The molecule has 3 aromatic heterocycles. The third-order valence-electron chi connectivity index (χ3n) is 4.40. The Balaban J connectivity index is 1.91. The fourth-order valence-electron chi connectivity index (χ4n) is 3.19. The maximum Gasteiger partial charge on any atom is 0.263 e. The third-order valence-corrected chi connectivity index (χ3v) is 6.57. The molecule has 25 heavy (non-hydrogen) atoms. The van der Waals surface area contributed by atoms with Crippen LogP contribution < -0.4 is 5.56 Å². The molecule has 0 aromatic carbocycles. The second-order valence-electron chi connectivity index (χ2n) is 6.15. The number of furan rings is 1. The van der Waals surface area contributed by atoms with E-state index in [1.807, 2.05) is 19.1 Å². The molecule has 0 saturated carbocycles. The number of rotatable bonds is 4. The lowest BCUT2D eigenvalue weighted by Crippen LogP contribution is -2.24. The van der Waals surface area contributed by atoms with E-state index in [0.717, 1.165) is 29.5 Å². The number of hydrogen-bond acceptors (Lipinski definition) is 6. The van der Waals surface area contributed by atoms with Crippen LogP contribution in [-0.4, -0.2) is 14.8 Å². The Bertz CT molecular complexity index is 1010. The molecule has 0 radical (unpaired) electrons. The van der Waals surface area contributed by atoms with E-state index in [4.69, 9.17) is 14.7 Å². The SMILES string of the molecule is CC(C#N)Sc1nc2sc3c(c2c(=O)n1Cc1ccco1)CCCC3. The first-order valence-corrected chi connectivity index (χ1v) is 10.0. The van der Waals surface area contributed by atoms with Crippen LogP contribution in [0, 0.1) is 11.3 Å². The zero-order valence-electron chi connectivity index (χ0n) is 13.8. The number of aryl methyl sites for hydroxylation is 2. The average Bonchev–Trinajstić information content (AvgIpc) is 3.25. The highest BCUT2D eigenvalue weighted by molar-refractivity contribution is 8.00. The Hall–Kier alpha value is -2.04. The van der Waals surface area contributed by atoms with Gasteiger partial charge in [-0.15, -0.1) is 11.3 Å². The lowest BCUT2D eigenvalue weighted by molar-refractivity contribution is 0.476. The molecule has 0 N–H and O–H groups in total. The molecule has 1 aliphatic carbocycles. The van der Waals surface area contributed by atoms with E-state index in [2.05, 4.69) is 6.07 Å². The minimum atomic E-state index is -0.276. The standard InChI is InChI=1S/C18H17N3O2S2/c1-11(9-19)24-18-20-16-15(13-6-2-3-7-14(13)25-16)17(22)21(18)10-12-5-4-8-23-12/h4-5,8,11H,2-3,6-7,10H2,1H3. The number of nitriles is 1. The van der Waals surface area contributed by atoms with Crippen molar-refractivity contribution in [2.45, 2.75) is 49.6 Å². The maximum atomic E-state index is 13.3. The van der Waals surface area contributed by atoms with Gasteiger partial charge in [0.1, 0.15) is 10.6 Å². The quantitative estimate of drug-likeness (QED) is 0.512. The van der Waals surface area contributed by atoms with Gasteiger partial charge in [-0.05, 0) is 50.3 Å². The zero-order chi connectivity index (χ0) is 17.4. The second kappa shape index (κ2) is 6.70. The molecule has 3 heterocycles. The van der Waals surface area contributed by atoms with E-state index in [0.29, 0.717) is 17.5 Å². The molecule has 128 valence electrons. The van der Waals surface area contributed by atoms with Crippen molar-refractivity contribution < 1.29 is 4.42 Å². The van der Waals surface area contributed by atoms with Gasteiger partial charge >= 0.3 is 0 Å². The number of thioether (sulfide) groups is 1. The van der Waals surface area contributed by atoms with Crippen LogP contribution in [-0.2, 0) is 19.4 Å². The lowest BCUT2D eigenvalue weighted by atomic mass is 9.97. The molecule has 4 rings (SSSR count). The van der Waals surface area contributed by atoms with Crippen LogP contribution in [0.3, 0.4) is 0 Å². The van der Waals surface area contributed by atoms with Crippen LogP contribution in [0.4, 0.5) is 0 Å². The van der Waals surface area contributed by atoms with Gasteiger partial charge in [0.25, 0.3) is 5.56 Å². The molecule has 5 nitrogen and oxygen atoms in total. The number of thiophene rings is 1. The summed E-state index contributed by atoms with van der Waals surface area (Å²) in [5.74, 6) is 0.707. The van der Waals surface area contributed by atoms with Crippen LogP contribution >= 0.6 is 23.1 Å². The molecule has 1 unspecified atom stereocenters. The summed E-state index contributed by atoms with van der Waals surface area (Å²) in [5.41, 5.74) is 1.16. The van der Waals surface area contributed by atoms with Crippen molar-refractivity contribution in [3.8, 4) is 6.07 Å². The Labute approximate surface area is 153 Å². The van der Waals surface area contributed by atoms with Crippen molar-refractivity contribution in [2.24, 2.45) is 0 Å². The van der Waals surface area contributed by atoms with Gasteiger partial charge in [0.2, 0.25) is 0 Å². The van der Waals surface area contributed by atoms with Gasteiger partial charge < -0.3 is 4.42 Å². The number of nitrogens with zero attached hydrogens (tertiary/aromatic N) is 3. The van der Waals surface area contributed by atoms with Crippen LogP contribution in [0.1, 0.15) is 36.0 Å².